The number of aliphatic hydroxyl groups is 6. The first-order chi connectivity index (χ1) is 29.0. The van der Waals surface area contributed by atoms with Gasteiger partial charge in [0.25, 0.3) is 0 Å². The van der Waals surface area contributed by atoms with E-state index >= 15 is 0 Å². The number of carbonyl (C=O) groups excluding carboxylic acids is 2. The van der Waals surface area contributed by atoms with Crippen molar-refractivity contribution in [1.29, 1.82) is 0 Å². The predicted octanol–water partition coefficient (Wildman–Crippen LogP) is 7.50. The molecule has 6 N–H and O–H groups in total. The Morgan fingerprint density at radius 2 is 1.46 bits per heavy atom. The van der Waals surface area contributed by atoms with Crippen LogP contribution in [0.2, 0.25) is 0 Å². The number of hydrogen-bond donors (Lipinski definition) is 6. The van der Waals surface area contributed by atoms with Gasteiger partial charge in [-0.25, -0.2) is 0 Å². The minimum Gasteiger partial charge on any atom is -0.469 e. The fourth-order valence-corrected chi connectivity index (χ4v) is 6.96. The number of aliphatic hydroxyl groups excluding tert-OH is 6. The van der Waals surface area contributed by atoms with Crippen LogP contribution in [0.1, 0.15) is 106 Å². The fraction of sp³-hybridized carbons (Fsp3) is 0.600. The Morgan fingerprint density at radius 1 is 0.836 bits per heavy atom. The zero-order valence-corrected chi connectivity index (χ0v) is 38.0. The number of carbonyl (C=O) groups is 2. The molecule has 0 aliphatic carbocycles. The Labute approximate surface area is 366 Å². The maximum absolute atomic E-state index is 13.3. The number of hydrogen-bond acceptors (Lipinski definition) is 11. The van der Waals surface area contributed by atoms with Crippen LogP contribution in [0.3, 0.4) is 0 Å². The van der Waals surface area contributed by atoms with Crippen molar-refractivity contribution in [3.05, 3.63) is 108 Å². The van der Waals surface area contributed by atoms with E-state index in [2.05, 4.69) is 4.74 Å². The van der Waals surface area contributed by atoms with Gasteiger partial charge in [-0.15, -0.1) is 0 Å². The molecule has 12 atom stereocenters. The van der Waals surface area contributed by atoms with E-state index < -0.39 is 72.9 Å². The Balaban J connectivity index is 2.96. The largest absolute Gasteiger partial charge is 0.469 e. The highest BCUT2D eigenvalue weighted by Crippen LogP contribution is 2.28. The molecule has 11 heteroatoms. The zero-order valence-electron chi connectivity index (χ0n) is 38.0. The number of ether oxygens (including phenoxy) is 3. The van der Waals surface area contributed by atoms with Crippen molar-refractivity contribution >= 4 is 11.9 Å². The lowest BCUT2D eigenvalue weighted by Crippen LogP contribution is -2.42. The van der Waals surface area contributed by atoms with Gasteiger partial charge < -0.3 is 44.8 Å². The van der Waals surface area contributed by atoms with Gasteiger partial charge in [0.15, 0.2) is 0 Å². The van der Waals surface area contributed by atoms with Crippen molar-refractivity contribution in [3.63, 3.8) is 0 Å². The Bertz CT molecular complexity index is 1520. The first-order valence-corrected chi connectivity index (χ1v) is 21.9. The number of rotatable bonds is 15. The lowest BCUT2D eigenvalue weighted by Gasteiger charge is -2.33. The highest BCUT2D eigenvalue weighted by Gasteiger charge is 2.35. The van der Waals surface area contributed by atoms with Crippen LogP contribution in [0.25, 0.3) is 0 Å². The molecule has 0 aromatic rings. The molecular formula is C50H78O11. The van der Waals surface area contributed by atoms with Crippen LogP contribution in [0.15, 0.2) is 108 Å². The summed E-state index contributed by atoms with van der Waals surface area (Å²) >= 11 is 0. The molecule has 0 fully saturated rings. The molecule has 0 bridgehead atoms. The SMILES string of the molecule is COC(=O)CC/C(C)=C/[C@@H](O)C/C=C/C=C/C=C/C=C/C=C/C(C)=C/[C@@H](O)[C@@H](C)[C@@H]1C[C@H](O)CCC[C@H](OC)CC=CC=CC[C@H](C)[C@@H](O)[C@H](C)[C@@H](O)[C@H](C)[C@H](O)CC(=O)O1. The number of cyclic esters (lactones) is 1. The molecular weight excluding hydrogens is 777 g/mol. The van der Waals surface area contributed by atoms with Crippen LogP contribution in [-0.2, 0) is 23.8 Å². The third kappa shape index (κ3) is 24.5. The van der Waals surface area contributed by atoms with Gasteiger partial charge >= 0.3 is 11.9 Å². The van der Waals surface area contributed by atoms with Crippen molar-refractivity contribution in [2.45, 2.75) is 155 Å². The van der Waals surface area contributed by atoms with Crippen molar-refractivity contribution in [2.24, 2.45) is 23.7 Å². The van der Waals surface area contributed by atoms with E-state index in [0.29, 0.717) is 38.5 Å². The van der Waals surface area contributed by atoms with Gasteiger partial charge in [-0.3, -0.25) is 9.59 Å². The van der Waals surface area contributed by atoms with Crippen molar-refractivity contribution in [2.75, 3.05) is 14.2 Å². The Kier molecular flexibility index (Phi) is 29.1. The normalized spacial score (nSPS) is 29.5. The minimum absolute atomic E-state index is 0.0367. The predicted molar refractivity (Wildman–Crippen MR) is 243 cm³/mol. The van der Waals surface area contributed by atoms with E-state index in [-0.39, 0.29) is 30.8 Å². The maximum Gasteiger partial charge on any atom is 0.308 e. The summed E-state index contributed by atoms with van der Waals surface area (Å²) in [5, 5.41) is 65.6. The van der Waals surface area contributed by atoms with E-state index in [1.54, 1.807) is 40.0 Å². The topological polar surface area (TPSA) is 183 Å². The molecule has 61 heavy (non-hydrogen) atoms. The zero-order chi connectivity index (χ0) is 45.7. The number of methoxy groups -OCH3 is 2. The molecule has 344 valence electrons. The quantitative estimate of drug-likeness (QED) is 0.0545. The molecule has 1 aliphatic rings. The van der Waals surface area contributed by atoms with E-state index in [1.807, 2.05) is 106 Å². The van der Waals surface area contributed by atoms with Crippen LogP contribution < -0.4 is 0 Å². The Morgan fingerprint density at radius 3 is 2.10 bits per heavy atom. The van der Waals surface area contributed by atoms with Crippen molar-refractivity contribution < 1.29 is 54.4 Å². The summed E-state index contributed by atoms with van der Waals surface area (Å²) < 4.78 is 16.2. The molecule has 0 saturated heterocycles. The highest BCUT2D eigenvalue weighted by molar-refractivity contribution is 5.70. The molecule has 0 amide bonds. The highest BCUT2D eigenvalue weighted by atomic mass is 16.5. The average Bonchev–Trinajstić information content (AvgIpc) is 3.22. The van der Waals surface area contributed by atoms with Crippen LogP contribution in [0.4, 0.5) is 0 Å². The fourth-order valence-electron chi connectivity index (χ4n) is 6.96. The smallest absolute Gasteiger partial charge is 0.308 e. The lowest BCUT2D eigenvalue weighted by molar-refractivity contribution is -0.159. The summed E-state index contributed by atoms with van der Waals surface area (Å²) in [5.74, 6) is -3.04. The Hall–Kier alpha value is -3.68. The second-order valence-electron chi connectivity index (χ2n) is 16.6. The van der Waals surface area contributed by atoms with Crippen molar-refractivity contribution in [1.82, 2.24) is 0 Å². The van der Waals surface area contributed by atoms with E-state index in [0.717, 1.165) is 17.6 Å². The summed E-state index contributed by atoms with van der Waals surface area (Å²) in [7, 11) is 3.02. The van der Waals surface area contributed by atoms with Crippen LogP contribution >= 0.6 is 0 Å². The molecule has 0 spiro atoms. The summed E-state index contributed by atoms with van der Waals surface area (Å²) in [6.07, 6.45) is 27.4. The first kappa shape index (κ1) is 55.3. The van der Waals surface area contributed by atoms with Gasteiger partial charge in [0.2, 0.25) is 0 Å². The summed E-state index contributed by atoms with van der Waals surface area (Å²) in [6, 6.07) is 0. The van der Waals surface area contributed by atoms with Gasteiger partial charge in [0.1, 0.15) is 6.10 Å². The third-order valence-electron chi connectivity index (χ3n) is 11.3. The molecule has 1 rings (SSSR count). The minimum atomic E-state index is -1.25. The van der Waals surface area contributed by atoms with Crippen LogP contribution in [-0.4, -0.2) is 106 Å². The second-order valence-corrected chi connectivity index (χ2v) is 16.6. The number of allylic oxidation sites excluding steroid dienone is 14. The van der Waals surface area contributed by atoms with E-state index in [9.17, 15) is 40.2 Å². The number of esters is 2. The van der Waals surface area contributed by atoms with Gasteiger partial charge in [-0.05, 0) is 64.7 Å². The lowest BCUT2D eigenvalue weighted by atomic mass is 9.81. The summed E-state index contributed by atoms with van der Waals surface area (Å²) in [6.45, 7) is 10.8. The summed E-state index contributed by atoms with van der Waals surface area (Å²) in [4.78, 5) is 24.5. The van der Waals surface area contributed by atoms with E-state index in [1.165, 1.54) is 7.11 Å². The molecule has 0 aromatic carbocycles. The van der Waals surface area contributed by atoms with Gasteiger partial charge in [-0.1, -0.05) is 136 Å². The molecule has 11 nitrogen and oxygen atoms in total. The molecule has 0 saturated carbocycles. The molecule has 0 aromatic heterocycles. The van der Waals surface area contributed by atoms with Gasteiger partial charge in [0.05, 0.1) is 56.3 Å². The third-order valence-corrected chi connectivity index (χ3v) is 11.3. The monoisotopic (exact) mass is 855 g/mol. The average molecular weight is 855 g/mol. The van der Waals surface area contributed by atoms with Crippen LogP contribution in [0.5, 0.6) is 0 Å². The second kappa shape index (κ2) is 32.1. The van der Waals surface area contributed by atoms with Gasteiger partial charge in [-0.2, -0.15) is 0 Å². The van der Waals surface area contributed by atoms with E-state index in [4.69, 9.17) is 9.47 Å². The van der Waals surface area contributed by atoms with Crippen LogP contribution in [0, 0.1) is 23.7 Å². The maximum atomic E-state index is 13.3. The first-order valence-electron chi connectivity index (χ1n) is 21.9. The van der Waals surface area contributed by atoms with Gasteiger partial charge in [0, 0.05) is 37.7 Å². The molecule has 0 unspecified atom stereocenters. The standard InChI is InChI=1S/C50H78O11/c1-35(23-18-14-12-10-9-11-13-15-20-25-41(51)31-36(2)29-30-47(55)60-8)32-44(53)38(4)46-33-42(52)26-22-28-43(59-7)27-21-17-16-19-24-37(3)49(57)40(6)50(58)39(5)45(54)34-48(56)61-46/h9-21,23,31-32,37-46,49-54,57-58H,22,24-30,33-34H2,1-8H3/b10-9+,13-11+,14-12+,19-16?,20-15+,21-17?,23-18+,35-32+,36-31+/t37-,38+,39+,40-,41-,42+,43+,44+,45+,46-,49+,50-/m0/s1. The van der Waals surface area contributed by atoms with Crippen molar-refractivity contribution in [3.8, 4) is 0 Å². The summed E-state index contributed by atoms with van der Waals surface area (Å²) in [5.41, 5.74) is 1.71. The molecule has 1 heterocycles. The molecule has 1 aliphatic heterocycles. The molecule has 0 radical (unpaired) electrons.